The first-order valence-electron chi connectivity index (χ1n) is 12.3. The standard InChI is InChI=1S/C28H35N3O2/c1-2-16-30-27(33)28(15-9-18-31(21-28)26(32)22-10-4-3-5-11-22)19-23-12-6-7-14-25(23)24-13-8-17-29-20-24/h2,6-8,12-14,17,20,22H,1,3-5,9-11,15-16,18-19,21H2,(H,30,33)/t28-/m1/s1. The fourth-order valence-corrected chi connectivity index (χ4v) is 5.53. The minimum absolute atomic E-state index is 0.0181. The third kappa shape index (κ3) is 5.35. The van der Waals surface area contributed by atoms with Gasteiger partial charge in [0.15, 0.2) is 0 Å². The van der Waals surface area contributed by atoms with Crippen LogP contribution in [0.4, 0.5) is 0 Å². The van der Waals surface area contributed by atoms with E-state index in [1.807, 2.05) is 29.3 Å². The Balaban J connectivity index is 1.64. The van der Waals surface area contributed by atoms with E-state index in [9.17, 15) is 9.59 Å². The van der Waals surface area contributed by atoms with E-state index in [0.717, 1.165) is 61.8 Å². The second-order valence-corrected chi connectivity index (χ2v) is 9.55. The smallest absolute Gasteiger partial charge is 0.228 e. The van der Waals surface area contributed by atoms with Crippen LogP contribution in [0, 0.1) is 11.3 Å². The van der Waals surface area contributed by atoms with Gasteiger partial charge in [-0.1, -0.05) is 55.7 Å². The van der Waals surface area contributed by atoms with E-state index < -0.39 is 5.41 Å². The molecule has 5 nitrogen and oxygen atoms in total. The SMILES string of the molecule is C=CCNC(=O)[C@@]1(Cc2ccccc2-c2cccnc2)CCCN(C(=O)C2CCCCC2)C1. The molecule has 1 aromatic heterocycles. The molecule has 1 aromatic carbocycles. The van der Waals surface area contributed by atoms with Gasteiger partial charge in [-0.3, -0.25) is 14.6 Å². The molecule has 174 valence electrons. The van der Waals surface area contributed by atoms with Crippen molar-refractivity contribution >= 4 is 11.8 Å². The number of likely N-dealkylation sites (tertiary alicyclic amines) is 1. The molecule has 1 saturated carbocycles. The van der Waals surface area contributed by atoms with Crippen LogP contribution in [0.1, 0.15) is 50.5 Å². The molecular formula is C28H35N3O2. The summed E-state index contributed by atoms with van der Waals surface area (Å²) >= 11 is 0. The zero-order valence-electron chi connectivity index (χ0n) is 19.5. The highest BCUT2D eigenvalue weighted by molar-refractivity contribution is 5.86. The molecule has 1 atom stereocenters. The number of carbonyl (C=O) groups excluding carboxylic acids is 2. The molecule has 2 aromatic rings. The van der Waals surface area contributed by atoms with Crippen LogP contribution in [0.2, 0.25) is 0 Å². The van der Waals surface area contributed by atoms with Crippen LogP contribution in [-0.2, 0) is 16.0 Å². The van der Waals surface area contributed by atoms with Crippen molar-refractivity contribution in [3.05, 3.63) is 67.0 Å². The molecule has 4 rings (SSSR count). The quantitative estimate of drug-likeness (QED) is 0.624. The van der Waals surface area contributed by atoms with Crippen LogP contribution in [0.5, 0.6) is 0 Å². The molecule has 1 saturated heterocycles. The van der Waals surface area contributed by atoms with Crippen molar-refractivity contribution in [1.82, 2.24) is 15.2 Å². The number of rotatable bonds is 7. The first-order chi connectivity index (χ1) is 16.1. The molecular weight excluding hydrogens is 410 g/mol. The maximum Gasteiger partial charge on any atom is 0.228 e. The van der Waals surface area contributed by atoms with E-state index in [1.54, 1.807) is 12.3 Å². The van der Waals surface area contributed by atoms with Crippen molar-refractivity contribution in [2.24, 2.45) is 11.3 Å². The van der Waals surface area contributed by atoms with Gasteiger partial charge in [-0.25, -0.2) is 0 Å². The van der Waals surface area contributed by atoms with Gasteiger partial charge in [-0.2, -0.15) is 0 Å². The molecule has 5 heteroatoms. The van der Waals surface area contributed by atoms with Crippen molar-refractivity contribution in [3.8, 4) is 11.1 Å². The Morgan fingerprint density at radius 2 is 1.94 bits per heavy atom. The summed E-state index contributed by atoms with van der Waals surface area (Å²) in [6.07, 6.45) is 13.0. The summed E-state index contributed by atoms with van der Waals surface area (Å²) in [7, 11) is 0. The van der Waals surface area contributed by atoms with Gasteiger partial charge in [0.05, 0.1) is 5.41 Å². The van der Waals surface area contributed by atoms with E-state index in [1.165, 1.54) is 6.42 Å². The Bertz CT molecular complexity index is 968. The predicted molar refractivity (Wildman–Crippen MR) is 131 cm³/mol. The molecule has 0 spiro atoms. The summed E-state index contributed by atoms with van der Waals surface area (Å²) in [6.45, 7) is 5.41. The third-order valence-corrected chi connectivity index (χ3v) is 7.25. The highest BCUT2D eigenvalue weighted by atomic mass is 16.2. The number of aromatic nitrogens is 1. The van der Waals surface area contributed by atoms with Crippen LogP contribution in [0.3, 0.4) is 0 Å². The van der Waals surface area contributed by atoms with Gasteiger partial charge in [0, 0.05) is 43.5 Å². The summed E-state index contributed by atoms with van der Waals surface area (Å²) in [4.78, 5) is 33.2. The second-order valence-electron chi connectivity index (χ2n) is 9.55. The highest BCUT2D eigenvalue weighted by Gasteiger charge is 2.44. The molecule has 0 radical (unpaired) electrons. The Hall–Kier alpha value is -2.95. The molecule has 33 heavy (non-hydrogen) atoms. The normalized spacial score (nSPS) is 21.4. The summed E-state index contributed by atoms with van der Waals surface area (Å²) in [5.74, 6) is 0.383. The average molecular weight is 446 g/mol. The Kier molecular flexibility index (Phi) is 7.58. The van der Waals surface area contributed by atoms with Gasteiger partial charge >= 0.3 is 0 Å². The Labute approximate surface area is 197 Å². The molecule has 2 aliphatic rings. The van der Waals surface area contributed by atoms with Gasteiger partial charge in [-0.05, 0) is 49.3 Å². The van der Waals surface area contributed by atoms with Gasteiger partial charge in [0.25, 0.3) is 0 Å². The molecule has 0 bridgehead atoms. The lowest BCUT2D eigenvalue weighted by molar-refractivity contribution is -0.145. The summed E-state index contributed by atoms with van der Waals surface area (Å²) in [5, 5.41) is 3.05. The second kappa shape index (κ2) is 10.8. The van der Waals surface area contributed by atoms with E-state index in [0.29, 0.717) is 19.5 Å². The maximum absolute atomic E-state index is 13.6. The van der Waals surface area contributed by atoms with E-state index in [2.05, 4.69) is 35.1 Å². The topological polar surface area (TPSA) is 62.3 Å². The van der Waals surface area contributed by atoms with Crippen LogP contribution in [0.15, 0.2) is 61.4 Å². The van der Waals surface area contributed by atoms with Crippen LogP contribution in [-0.4, -0.2) is 41.3 Å². The monoisotopic (exact) mass is 445 g/mol. The number of hydrogen-bond acceptors (Lipinski definition) is 3. The number of hydrogen-bond donors (Lipinski definition) is 1. The van der Waals surface area contributed by atoms with E-state index in [-0.39, 0.29) is 17.7 Å². The predicted octanol–water partition coefficient (Wildman–Crippen LogP) is 4.78. The Morgan fingerprint density at radius 1 is 1.12 bits per heavy atom. The van der Waals surface area contributed by atoms with Gasteiger partial charge in [-0.15, -0.1) is 6.58 Å². The zero-order chi connectivity index (χ0) is 23.1. The summed E-state index contributed by atoms with van der Waals surface area (Å²) in [6, 6.07) is 12.2. The van der Waals surface area contributed by atoms with Crippen molar-refractivity contribution in [3.63, 3.8) is 0 Å². The van der Waals surface area contributed by atoms with E-state index in [4.69, 9.17) is 0 Å². The van der Waals surface area contributed by atoms with Crippen molar-refractivity contribution in [2.45, 2.75) is 51.4 Å². The molecule has 2 heterocycles. The lowest BCUT2D eigenvalue weighted by atomic mass is 9.72. The number of amides is 2. The van der Waals surface area contributed by atoms with Gasteiger partial charge in [0.2, 0.25) is 11.8 Å². The zero-order valence-corrected chi connectivity index (χ0v) is 19.5. The largest absolute Gasteiger partial charge is 0.352 e. The fraction of sp³-hybridized carbons (Fsp3) is 0.464. The van der Waals surface area contributed by atoms with Crippen LogP contribution >= 0.6 is 0 Å². The van der Waals surface area contributed by atoms with Crippen LogP contribution in [0.25, 0.3) is 11.1 Å². The minimum atomic E-state index is -0.649. The maximum atomic E-state index is 13.6. The first kappa shape index (κ1) is 23.2. The number of benzene rings is 1. The summed E-state index contributed by atoms with van der Waals surface area (Å²) in [5.41, 5.74) is 2.60. The lowest BCUT2D eigenvalue weighted by Gasteiger charge is -2.43. The van der Waals surface area contributed by atoms with Crippen molar-refractivity contribution in [2.75, 3.05) is 19.6 Å². The lowest BCUT2D eigenvalue weighted by Crippen LogP contribution is -2.55. The molecule has 2 fully saturated rings. The minimum Gasteiger partial charge on any atom is -0.352 e. The molecule has 1 aliphatic carbocycles. The average Bonchev–Trinajstić information content (AvgIpc) is 2.88. The third-order valence-electron chi connectivity index (χ3n) is 7.25. The van der Waals surface area contributed by atoms with Crippen LogP contribution < -0.4 is 5.32 Å². The van der Waals surface area contributed by atoms with Crippen molar-refractivity contribution in [1.29, 1.82) is 0 Å². The fourth-order valence-electron chi connectivity index (χ4n) is 5.53. The number of carbonyl (C=O) groups is 2. The molecule has 1 N–H and O–H groups in total. The molecule has 0 unspecified atom stereocenters. The number of pyridine rings is 1. The number of nitrogens with one attached hydrogen (secondary N) is 1. The highest BCUT2D eigenvalue weighted by Crippen LogP contribution is 2.38. The first-order valence-corrected chi connectivity index (χ1v) is 12.3. The van der Waals surface area contributed by atoms with E-state index >= 15 is 0 Å². The number of nitrogens with zero attached hydrogens (tertiary/aromatic N) is 2. The van der Waals surface area contributed by atoms with Gasteiger partial charge in [0.1, 0.15) is 0 Å². The summed E-state index contributed by atoms with van der Waals surface area (Å²) < 4.78 is 0. The van der Waals surface area contributed by atoms with Gasteiger partial charge < -0.3 is 10.2 Å². The molecule has 2 amide bonds. The number of piperidine rings is 1. The Morgan fingerprint density at radius 3 is 2.70 bits per heavy atom. The molecule has 1 aliphatic heterocycles. The van der Waals surface area contributed by atoms with Crippen molar-refractivity contribution < 1.29 is 9.59 Å².